The third kappa shape index (κ3) is 5.60. The Morgan fingerprint density at radius 1 is 1.29 bits per heavy atom. The van der Waals surface area contributed by atoms with Crippen LogP contribution in [0.2, 0.25) is 0 Å². The number of ether oxygens (including phenoxy) is 1. The van der Waals surface area contributed by atoms with E-state index in [1.807, 2.05) is 24.3 Å². The maximum Gasteiger partial charge on any atom is 0.220 e. The number of methoxy groups -OCH3 is 1. The van der Waals surface area contributed by atoms with Crippen molar-refractivity contribution < 1.29 is 9.53 Å². The first-order valence-corrected chi connectivity index (χ1v) is 7.56. The van der Waals surface area contributed by atoms with Crippen molar-refractivity contribution in [2.75, 3.05) is 26.7 Å². The van der Waals surface area contributed by atoms with Crippen molar-refractivity contribution in [2.24, 2.45) is 0 Å². The number of benzene rings is 1. The Hall–Kier alpha value is -1.81. The van der Waals surface area contributed by atoms with E-state index in [1.54, 1.807) is 7.11 Å². The van der Waals surface area contributed by atoms with E-state index in [-0.39, 0.29) is 5.91 Å². The molecule has 0 saturated heterocycles. The standard InChI is InChI=1S/C17H24N2O2/c1-21-16-5-2-14(3-6-16)4-7-17(20)19-13-10-15-8-11-18-12-9-15/h2-3,5-6,8,18H,4,7,9-13H2,1H3,(H,19,20). The molecule has 4 nitrogen and oxygen atoms in total. The highest BCUT2D eigenvalue weighted by atomic mass is 16.5. The minimum Gasteiger partial charge on any atom is -0.497 e. The summed E-state index contributed by atoms with van der Waals surface area (Å²) in [5.74, 6) is 0.971. The Bertz CT molecular complexity index is 480. The molecule has 0 radical (unpaired) electrons. The molecule has 1 aliphatic rings. The normalized spacial score (nSPS) is 14.4. The van der Waals surface area contributed by atoms with Crippen molar-refractivity contribution in [3.63, 3.8) is 0 Å². The van der Waals surface area contributed by atoms with Gasteiger partial charge in [-0.3, -0.25) is 4.79 Å². The quantitative estimate of drug-likeness (QED) is 0.755. The van der Waals surface area contributed by atoms with E-state index in [0.29, 0.717) is 6.42 Å². The molecule has 114 valence electrons. The molecule has 1 amide bonds. The number of aryl methyl sites for hydroxylation is 1. The molecule has 0 aliphatic carbocycles. The van der Waals surface area contributed by atoms with Crippen LogP contribution in [0.25, 0.3) is 0 Å². The molecule has 4 heteroatoms. The first-order chi connectivity index (χ1) is 10.3. The molecule has 0 fully saturated rings. The number of carbonyl (C=O) groups is 1. The third-order valence-corrected chi connectivity index (χ3v) is 3.73. The maximum absolute atomic E-state index is 11.8. The predicted molar refractivity (Wildman–Crippen MR) is 84.5 cm³/mol. The second-order valence-corrected chi connectivity index (χ2v) is 5.26. The van der Waals surface area contributed by atoms with Gasteiger partial charge in [0.15, 0.2) is 0 Å². The van der Waals surface area contributed by atoms with Crippen molar-refractivity contribution in [3.8, 4) is 5.75 Å². The lowest BCUT2D eigenvalue weighted by molar-refractivity contribution is -0.121. The smallest absolute Gasteiger partial charge is 0.220 e. The average molecular weight is 288 g/mol. The summed E-state index contributed by atoms with van der Waals surface area (Å²) in [5, 5.41) is 6.29. The maximum atomic E-state index is 11.8. The number of hydrogen-bond acceptors (Lipinski definition) is 3. The largest absolute Gasteiger partial charge is 0.497 e. The highest BCUT2D eigenvalue weighted by Gasteiger charge is 2.05. The van der Waals surface area contributed by atoms with Gasteiger partial charge in [0.2, 0.25) is 5.91 Å². The Balaban J connectivity index is 1.63. The van der Waals surface area contributed by atoms with Gasteiger partial charge in [0, 0.05) is 19.5 Å². The second-order valence-electron chi connectivity index (χ2n) is 5.26. The minimum absolute atomic E-state index is 0.125. The van der Waals surface area contributed by atoms with Crippen LogP contribution in [0.3, 0.4) is 0 Å². The summed E-state index contributed by atoms with van der Waals surface area (Å²) >= 11 is 0. The summed E-state index contributed by atoms with van der Waals surface area (Å²) < 4.78 is 5.12. The van der Waals surface area contributed by atoms with E-state index in [4.69, 9.17) is 4.74 Å². The lowest BCUT2D eigenvalue weighted by atomic mass is 10.1. The first-order valence-electron chi connectivity index (χ1n) is 7.56. The number of amides is 1. The van der Waals surface area contributed by atoms with E-state index >= 15 is 0 Å². The first kappa shape index (κ1) is 15.6. The van der Waals surface area contributed by atoms with E-state index in [0.717, 1.165) is 50.2 Å². The van der Waals surface area contributed by atoms with Crippen molar-refractivity contribution >= 4 is 5.91 Å². The van der Waals surface area contributed by atoms with Gasteiger partial charge in [-0.15, -0.1) is 0 Å². The fourth-order valence-corrected chi connectivity index (χ4v) is 2.40. The molecule has 0 bridgehead atoms. The summed E-state index contributed by atoms with van der Waals surface area (Å²) in [7, 11) is 1.65. The highest BCUT2D eigenvalue weighted by Crippen LogP contribution is 2.12. The lowest BCUT2D eigenvalue weighted by Crippen LogP contribution is -2.26. The van der Waals surface area contributed by atoms with Crippen LogP contribution in [0.15, 0.2) is 35.9 Å². The summed E-state index contributed by atoms with van der Waals surface area (Å²) in [6, 6.07) is 7.87. The Labute approximate surface area is 126 Å². The summed E-state index contributed by atoms with van der Waals surface area (Å²) in [5.41, 5.74) is 2.61. The van der Waals surface area contributed by atoms with Gasteiger partial charge in [-0.05, 0) is 43.5 Å². The molecule has 0 spiro atoms. The number of hydrogen-bond donors (Lipinski definition) is 2. The molecule has 0 unspecified atom stereocenters. The third-order valence-electron chi connectivity index (χ3n) is 3.73. The number of rotatable bonds is 7. The van der Waals surface area contributed by atoms with Gasteiger partial charge >= 0.3 is 0 Å². The molecule has 2 rings (SSSR count). The van der Waals surface area contributed by atoms with Gasteiger partial charge in [0.1, 0.15) is 5.75 Å². The molecule has 1 aromatic rings. The molecule has 2 N–H and O–H groups in total. The zero-order valence-electron chi connectivity index (χ0n) is 12.7. The van der Waals surface area contributed by atoms with Gasteiger partial charge in [-0.1, -0.05) is 23.8 Å². The number of carbonyl (C=O) groups excluding carboxylic acids is 1. The molecule has 1 aliphatic heterocycles. The van der Waals surface area contributed by atoms with Crippen LogP contribution in [-0.2, 0) is 11.2 Å². The molecular formula is C17H24N2O2. The molecular weight excluding hydrogens is 264 g/mol. The molecule has 1 heterocycles. The van der Waals surface area contributed by atoms with Crippen molar-refractivity contribution in [1.82, 2.24) is 10.6 Å². The SMILES string of the molecule is COc1ccc(CCC(=O)NCCC2=CCNCC2)cc1. The van der Waals surface area contributed by atoms with Gasteiger partial charge < -0.3 is 15.4 Å². The zero-order chi connectivity index (χ0) is 14.9. The van der Waals surface area contributed by atoms with Gasteiger partial charge in [0.25, 0.3) is 0 Å². The van der Waals surface area contributed by atoms with Crippen LogP contribution in [0, 0.1) is 0 Å². The molecule has 1 aromatic carbocycles. The van der Waals surface area contributed by atoms with E-state index in [9.17, 15) is 4.79 Å². The zero-order valence-corrected chi connectivity index (χ0v) is 12.7. The van der Waals surface area contributed by atoms with Crippen LogP contribution in [0.5, 0.6) is 5.75 Å². The molecule has 0 atom stereocenters. The average Bonchev–Trinajstić information content (AvgIpc) is 2.54. The fraction of sp³-hybridized carbons (Fsp3) is 0.471. The van der Waals surface area contributed by atoms with E-state index in [1.165, 1.54) is 5.57 Å². The van der Waals surface area contributed by atoms with Crippen LogP contribution < -0.4 is 15.4 Å². The fourth-order valence-electron chi connectivity index (χ4n) is 2.40. The lowest BCUT2D eigenvalue weighted by Gasteiger charge is -2.14. The minimum atomic E-state index is 0.125. The van der Waals surface area contributed by atoms with Gasteiger partial charge in [-0.25, -0.2) is 0 Å². The topological polar surface area (TPSA) is 50.4 Å². The summed E-state index contributed by atoms with van der Waals surface area (Å²) in [4.78, 5) is 11.8. The summed E-state index contributed by atoms with van der Waals surface area (Å²) in [6.07, 6.45) is 5.60. The van der Waals surface area contributed by atoms with Crippen molar-refractivity contribution in [2.45, 2.75) is 25.7 Å². The Kier molecular flexibility index (Phi) is 6.28. The molecule has 0 saturated carbocycles. The van der Waals surface area contributed by atoms with Crippen LogP contribution in [-0.4, -0.2) is 32.7 Å². The monoisotopic (exact) mass is 288 g/mol. The van der Waals surface area contributed by atoms with Crippen LogP contribution >= 0.6 is 0 Å². The van der Waals surface area contributed by atoms with E-state index < -0.39 is 0 Å². The van der Waals surface area contributed by atoms with Crippen LogP contribution in [0.4, 0.5) is 0 Å². The second kappa shape index (κ2) is 8.47. The van der Waals surface area contributed by atoms with Gasteiger partial charge in [0.05, 0.1) is 7.11 Å². The van der Waals surface area contributed by atoms with E-state index in [2.05, 4.69) is 16.7 Å². The summed E-state index contributed by atoms with van der Waals surface area (Å²) in [6.45, 7) is 2.76. The predicted octanol–water partition coefficient (Wildman–Crippen LogP) is 2.05. The molecule has 21 heavy (non-hydrogen) atoms. The highest BCUT2D eigenvalue weighted by molar-refractivity contribution is 5.76. The van der Waals surface area contributed by atoms with Crippen molar-refractivity contribution in [1.29, 1.82) is 0 Å². The molecule has 0 aromatic heterocycles. The van der Waals surface area contributed by atoms with Gasteiger partial charge in [-0.2, -0.15) is 0 Å². The van der Waals surface area contributed by atoms with Crippen molar-refractivity contribution in [3.05, 3.63) is 41.5 Å². The number of nitrogens with one attached hydrogen (secondary N) is 2. The Morgan fingerprint density at radius 3 is 2.76 bits per heavy atom. The van der Waals surface area contributed by atoms with Crippen LogP contribution in [0.1, 0.15) is 24.8 Å². The Morgan fingerprint density at radius 2 is 2.10 bits per heavy atom.